The molecule has 0 fully saturated rings. The van der Waals surface area contributed by atoms with E-state index in [1.165, 1.54) is 0 Å². The van der Waals surface area contributed by atoms with Crippen LogP contribution in [0.25, 0.3) is 0 Å². The lowest BCUT2D eigenvalue weighted by Crippen LogP contribution is -2.43. The molecule has 0 saturated carbocycles. The van der Waals surface area contributed by atoms with Crippen LogP contribution in [0.3, 0.4) is 0 Å². The molecule has 0 spiro atoms. The summed E-state index contributed by atoms with van der Waals surface area (Å²) in [5.74, 6) is -1.11. The fraction of sp³-hybridized carbons (Fsp3) is 0.833. The molecule has 0 rings (SSSR count). The van der Waals surface area contributed by atoms with Crippen LogP contribution in [0.4, 0.5) is 0 Å². The number of carbonyl (C=O) groups is 1. The van der Waals surface area contributed by atoms with Gasteiger partial charge in [-0.3, -0.25) is 4.79 Å². The number of carbonyl (C=O) groups excluding carboxylic acids is 1. The second-order valence-corrected chi connectivity index (χ2v) is 2.30. The summed E-state index contributed by atoms with van der Waals surface area (Å²) >= 11 is 0. The lowest BCUT2D eigenvalue weighted by atomic mass is 10.3. The van der Waals surface area contributed by atoms with Crippen molar-refractivity contribution < 1.29 is 30.3 Å². The highest BCUT2D eigenvalue weighted by molar-refractivity contribution is 5.87. The number of ketones is 1. The van der Waals surface area contributed by atoms with E-state index in [0.29, 0.717) is 0 Å². The first-order valence-electron chi connectivity index (χ1n) is 3.34. The number of aliphatic hydroxyl groups excluding tert-OH is 5. The number of Topliss-reactive ketones (excluding diaryl/α,β-unsaturated/α-hetero) is 1. The van der Waals surface area contributed by atoms with Crippen molar-refractivity contribution >= 4 is 5.78 Å². The van der Waals surface area contributed by atoms with Crippen LogP contribution >= 0.6 is 0 Å². The summed E-state index contributed by atoms with van der Waals surface area (Å²) in [6.07, 6.45) is -5.21. The van der Waals surface area contributed by atoms with Crippen LogP contribution in [0.2, 0.25) is 0 Å². The predicted octanol–water partition coefficient (Wildman–Crippen LogP) is -3.38. The van der Waals surface area contributed by atoms with Gasteiger partial charge in [0, 0.05) is 0 Å². The third-order valence-corrected chi connectivity index (χ3v) is 1.34. The van der Waals surface area contributed by atoms with Crippen molar-refractivity contribution in [2.24, 2.45) is 0 Å². The number of rotatable bonds is 5. The van der Waals surface area contributed by atoms with Crippen LogP contribution in [0.5, 0.6) is 0 Å². The molecule has 0 aliphatic rings. The summed E-state index contributed by atoms with van der Waals surface area (Å²) in [7, 11) is 0. The van der Waals surface area contributed by atoms with Crippen molar-refractivity contribution in [1.82, 2.24) is 0 Å². The van der Waals surface area contributed by atoms with Gasteiger partial charge in [-0.25, -0.2) is 0 Å². The average Bonchev–Trinajstić information content (AvgIpc) is 2.12. The van der Waals surface area contributed by atoms with Crippen LogP contribution < -0.4 is 0 Å². The SMILES string of the molecule is O=C([C@@H](O)CO)[13C@H](O)[13C@H](O)CO. The van der Waals surface area contributed by atoms with Gasteiger partial charge in [-0.05, 0) is 0 Å². The Hall–Kier alpha value is -0.530. The van der Waals surface area contributed by atoms with Crippen LogP contribution in [0, 0.1) is 0 Å². The van der Waals surface area contributed by atoms with E-state index in [9.17, 15) is 4.79 Å². The maximum atomic E-state index is 10.7. The Morgan fingerprint density at radius 3 is 1.92 bits per heavy atom. The second-order valence-electron chi connectivity index (χ2n) is 2.30. The lowest BCUT2D eigenvalue weighted by molar-refractivity contribution is -0.144. The number of hydrogen-bond donors (Lipinski definition) is 5. The first-order valence-corrected chi connectivity index (χ1v) is 3.34. The third-order valence-electron chi connectivity index (χ3n) is 1.34. The van der Waals surface area contributed by atoms with E-state index in [4.69, 9.17) is 25.5 Å². The number of aliphatic hydroxyl groups is 5. The van der Waals surface area contributed by atoms with Crippen molar-refractivity contribution in [3.63, 3.8) is 0 Å². The zero-order valence-electron chi connectivity index (χ0n) is 6.29. The molecule has 0 heterocycles. The molecule has 12 heavy (non-hydrogen) atoms. The quantitative estimate of drug-likeness (QED) is 0.283. The molecule has 0 aromatic carbocycles. The van der Waals surface area contributed by atoms with Gasteiger partial charge < -0.3 is 25.5 Å². The number of hydrogen-bond acceptors (Lipinski definition) is 6. The maximum Gasteiger partial charge on any atom is 0.194 e. The molecule has 5 N–H and O–H groups in total. The fourth-order valence-electron chi connectivity index (χ4n) is 0.577. The van der Waals surface area contributed by atoms with E-state index in [-0.39, 0.29) is 0 Å². The molecule has 0 radical (unpaired) electrons. The van der Waals surface area contributed by atoms with Crippen molar-refractivity contribution in [2.45, 2.75) is 18.3 Å². The molecule has 6 heteroatoms. The predicted molar refractivity (Wildman–Crippen MR) is 37.2 cm³/mol. The summed E-state index contributed by atoms with van der Waals surface area (Å²) < 4.78 is 0. The van der Waals surface area contributed by atoms with Gasteiger partial charge in [0.1, 0.15) is 18.3 Å². The molecule has 0 aromatic heterocycles. The minimum Gasteiger partial charge on any atom is -0.394 e. The second kappa shape index (κ2) is 5.18. The van der Waals surface area contributed by atoms with Gasteiger partial charge in [0.05, 0.1) is 13.2 Å². The van der Waals surface area contributed by atoms with Gasteiger partial charge >= 0.3 is 0 Å². The smallest absolute Gasteiger partial charge is 0.194 e. The molecule has 0 unspecified atom stereocenters. The van der Waals surface area contributed by atoms with Gasteiger partial charge in [0.25, 0.3) is 0 Å². The zero-order valence-corrected chi connectivity index (χ0v) is 6.29. The summed E-state index contributed by atoms with van der Waals surface area (Å²) in [4.78, 5) is 10.7. The van der Waals surface area contributed by atoms with Crippen LogP contribution in [-0.4, -0.2) is 62.8 Å². The average molecular weight is 182 g/mol. The van der Waals surface area contributed by atoms with Gasteiger partial charge in [0.15, 0.2) is 5.78 Å². The minimum absolute atomic E-state index is 0.787. The third kappa shape index (κ3) is 2.84. The Balaban J connectivity index is 4.09. The summed E-state index contributed by atoms with van der Waals surface area (Å²) in [6, 6.07) is 0. The van der Waals surface area contributed by atoms with E-state index in [0.717, 1.165) is 0 Å². The molecule has 0 aliphatic carbocycles. The van der Waals surface area contributed by atoms with Gasteiger partial charge in [0.2, 0.25) is 0 Å². The molecule has 0 aliphatic heterocycles. The van der Waals surface area contributed by atoms with E-state index >= 15 is 0 Å². The topological polar surface area (TPSA) is 118 Å². The Labute approximate surface area is 68.7 Å². The Morgan fingerprint density at radius 2 is 1.58 bits per heavy atom. The first-order chi connectivity index (χ1) is 5.54. The Morgan fingerprint density at radius 1 is 1.08 bits per heavy atom. The van der Waals surface area contributed by atoms with Gasteiger partial charge in [-0.15, -0.1) is 0 Å². The van der Waals surface area contributed by atoms with E-state index < -0.39 is 37.3 Å². The molecular weight excluding hydrogens is 170 g/mol. The van der Waals surface area contributed by atoms with E-state index in [2.05, 4.69) is 0 Å². The highest BCUT2D eigenvalue weighted by atomic mass is 16.5. The highest BCUT2D eigenvalue weighted by Crippen LogP contribution is 1.98. The molecule has 72 valence electrons. The summed E-state index contributed by atoms with van der Waals surface area (Å²) in [5, 5.41) is 42.9. The Kier molecular flexibility index (Phi) is 4.95. The largest absolute Gasteiger partial charge is 0.394 e. The lowest BCUT2D eigenvalue weighted by Gasteiger charge is -2.16. The molecule has 0 amide bonds. The molecule has 0 saturated heterocycles. The van der Waals surface area contributed by atoms with E-state index in [1.807, 2.05) is 0 Å². The van der Waals surface area contributed by atoms with Crippen molar-refractivity contribution in [2.75, 3.05) is 13.2 Å². The molecule has 3 atom stereocenters. The van der Waals surface area contributed by atoms with Crippen molar-refractivity contribution in [1.29, 1.82) is 0 Å². The minimum atomic E-state index is -1.86. The Bertz CT molecular complexity index is 147. The van der Waals surface area contributed by atoms with Gasteiger partial charge in [-0.2, -0.15) is 0 Å². The maximum absolute atomic E-state index is 10.7. The standard InChI is InChI=1S/C6H12O6/c7-1-3(9)5(11)6(12)4(10)2-8/h3-5,7-11H,1-2H2/t3-,4+,5-/m1/s1/i3+1,5+1. The summed E-state index contributed by atoms with van der Waals surface area (Å²) in [5.41, 5.74) is 0. The van der Waals surface area contributed by atoms with E-state index in [1.54, 1.807) is 0 Å². The van der Waals surface area contributed by atoms with Crippen LogP contribution in [0.15, 0.2) is 0 Å². The molecule has 0 bridgehead atoms. The summed E-state index contributed by atoms with van der Waals surface area (Å²) in [6.45, 7) is -1.61. The van der Waals surface area contributed by atoms with Crippen molar-refractivity contribution in [3.8, 4) is 0 Å². The van der Waals surface area contributed by atoms with Crippen LogP contribution in [-0.2, 0) is 4.79 Å². The zero-order chi connectivity index (χ0) is 9.72. The first kappa shape index (κ1) is 11.5. The van der Waals surface area contributed by atoms with Gasteiger partial charge in [-0.1, -0.05) is 0 Å². The molecular formula is C6H12O6. The highest BCUT2D eigenvalue weighted by Gasteiger charge is 2.28. The monoisotopic (exact) mass is 182 g/mol. The normalized spacial score (nSPS) is 18.4. The molecule has 0 aromatic rings. The fourth-order valence-corrected chi connectivity index (χ4v) is 0.577. The van der Waals surface area contributed by atoms with Crippen molar-refractivity contribution in [3.05, 3.63) is 0 Å². The molecule has 6 nitrogen and oxygen atoms in total. The van der Waals surface area contributed by atoms with Crippen LogP contribution in [0.1, 0.15) is 0 Å².